The molecule has 1 saturated heterocycles. The van der Waals surface area contributed by atoms with E-state index in [1.165, 1.54) is 0 Å². The van der Waals surface area contributed by atoms with Crippen LogP contribution in [0.25, 0.3) is 0 Å². The second kappa shape index (κ2) is 5.19. The van der Waals surface area contributed by atoms with Gasteiger partial charge in [-0.1, -0.05) is 17.7 Å². The number of hydrogen-bond donors (Lipinski definition) is 1. The zero-order valence-corrected chi connectivity index (χ0v) is 10.0. The maximum atomic E-state index is 11.5. The Morgan fingerprint density at radius 3 is 3.00 bits per heavy atom. The van der Waals surface area contributed by atoms with Gasteiger partial charge in [0.15, 0.2) is 6.29 Å². The van der Waals surface area contributed by atoms with E-state index >= 15 is 0 Å². The molecule has 0 atom stereocenters. The molecular formula is C12H13ClN2O2. The highest BCUT2D eigenvalue weighted by Gasteiger charge is 2.18. The Morgan fingerprint density at radius 2 is 2.24 bits per heavy atom. The van der Waals surface area contributed by atoms with Crippen molar-refractivity contribution in [2.75, 3.05) is 24.5 Å². The van der Waals surface area contributed by atoms with E-state index in [1.807, 2.05) is 11.0 Å². The molecule has 17 heavy (non-hydrogen) atoms. The molecule has 0 unspecified atom stereocenters. The first-order valence-corrected chi connectivity index (χ1v) is 5.85. The molecule has 1 heterocycles. The fourth-order valence-electron chi connectivity index (χ4n) is 1.93. The van der Waals surface area contributed by atoms with Crippen molar-refractivity contribution in [3.05, 3.63) is 28.8 Å². The Hall–Kier alpha value is -1.55. The number of carbonyl (C=O) groups is 2. The number of nitrogens with zero attached hydrogens (tertiary/aromatic N) is 1. The van der Waals surface area contributed by atoms with Gasteiger partial charge in [-0.3, -0.25) is 9.59 Å². The molecule has 90 valence electrons. The van der Waals surface area contributed by atoms with Crippen LogP contribution in [0.1, 0.15) is 16.8 Å². The third kappa shape index (κ3) is 2.58. The highest BCUT2D eigenvalue weighted by Crippen LogP contribution is 2.26. The molecular weight excluding hydrogens is 240 g/mol. The lowest BCUT2D eigenvalue weighted by molar-refractivity contribution is -0.119. The molecule has 0 spiro atoms. The van der Waals surface area contributed by atoms with Gasteiger partial charge in [-0.2, -0.15) is 0 Å². The molecule has 4 nitrogen and oxygen atoms in total. The van der Waals surface area contributed by atoms with Gasteiger partial charge in [0.05, 0.1) is 17.1 Å². The molecule has 1 aromatic rings. The Bertz CT molecular complexity index is 448. The van der Waals surface area contributed by atoms with Crippen LogP contribution in [0.15, 0.2) is 18.2 Å². The van der Waals surface area contributed by atoms with E-state index in [0.29, 0.717) is 17.1 Å². The largest absolute Gasteiger partial charge is 0.362 e. The predicted octanol–water partition coefficient (Wildman–Crippen LogP) is 1.48. The number of benzene rings is 1. The first-order chi connectivity index (χ1) is 8.22. The summed E-state index contributed by atoms with van der Waals surface area (Å²) < 4.78 is 0. The van der Waals surface area contributed by atoms with Crippen LogP contribution >= 0.6 is 11.6 Å². The van der Waals surface area contributed by atoms with Crippen LogP contribution in [0.2, 0.25) is 5.02 Å². The number of rotatable bonds is 2. The van der Waals surface area contributed by atoms with Crippen molar-refractivity contribution in [2.24, 2.45) is 0 Å². The second-order valence-corrected chi connectivity index (χ2v) is 4.32. The third-order valence-electron chi connectivity index (χ3n) is 2.75. The maximum Gasteiger partial charge on any atom is 0.239 e. The quantitative estimate of drug-likeness (QED) is 0.811. The average molecular weight is 253 g/mol. The van der Waals surface area contributed by atoms with E-state index in [9.17, 15) is 9.59 Å². The minimum absolute atomic E-state index is 0.0284. The van der Waals surface area contributed by atoms with E-state index in [2.05, 4.69) is 5.32 Å². The first kappa shape index (κ1) is 11.9. The van der Waals surface area contributed by atoms with E-state index in [1.54, 1.807) is 12.1 Å². The minimum Gasteiger partial charge on any atom is -0.362 e. The maximum absolute atomic E-state index is 11.5. The van der Waals surface area contributed by atoms with E-state index < -0.39 is 0 Å². The molecule has 0 saturated carbocycles. The van der Waals surface area contributed by atoms with Crippen LogP contribution in [0.5, 0.6) is 0 Å². The van der Waals surface area contributed by atoms with Crippen molar-refractivity contribution in [1.82, 2.24) is 5.32 Å². The van der Waals surface area contributed by atoms with E-state index in [0.717, 1.165) is 24.9 Å². The standard InChI is InChI=1S/C12H13ClN2O2/c13-10-3-1-4-11(9(10)8-16)15-6-2-5-14-12(17)7-15/h1,3-4,8H,2,5-7H2,(H,14,17). The van der Waals surface area contributed by atoms with Gasteiger partial charge in [-0.25, -0.2) is 0 Å². The van der Waals surface area contributed by atoms with Gasteiger partial charge in [0.1, 0.15) is 0 Å². The van der Waals surface area contributed by atoms with Crippen molar-refractivity contribution in [2.45, 2.75) is 6.42 Å². The summed E-state index contributed by atoms with van der Waals surface area (Å²) in [7, 11) is 0. The summed E-state index contributed by atoms with van der Waals surface area (Å²) in [6, 6.07) is 5.27. The van der Waals surface area contributed by atoms with Crippen molar-refractivity contribution >= 4 is 29.5 Å². The fourth-order valence-corrected chi connectivity index (χ4v) is 2.14. The monoisotopic (exact) mass is 252 g/mol. The van der Waals surface area contributed by atoms with Crippen molar-refractivity contribution < 1.29 is 9.59 Å². The van der Waals surface area contributed by atoms with Gasteiger partial charge in [0.25, 0.3) is 0 Å². The number of carbonyl (C=O) groups excluding carboxylic acids is 2. The van der Waals surface area contributed by atoms with Crippen LogP contribution in [0.4, 0.5) is 5.69 Å². The zero-order valence-electron chi connectivity index (χ0n) is 9.28. The Labute approximate surface area is 105 Å². The molecule has 1 amide bonds. The molecule has 0 aliphatic carbocycles. The lowest BCUT2D eigenvalue weighted by atomic mass is 10.1. The summed E-state index contributed by atoms with van der Waals surface area (Å²) in [5.74, 6) is -0.0284. The van der Waals surface area contributed by atoms with Crippen molar-refractivity contribution in [3.63, 3.8) is 0 Å². The molecule has 0 aromatic heterocycles. The van der Waals surface area contributed by atoms with Crippen molar-refractivity contribution in [3.8, 4) is 0 Å². The molecule has 1 aliphatic heterocycles. The number of hydrogen-bond acceptors (Lipinski definition) is 3. The number of amides is 1. The molecule has 2 rings (SSSR count). The van der Waals surface area contributed by atoms with Crippen LogP contribution < -0.4 is 10.2 Å². The first-order valence-electron chi connectivity index (χ1n) is 5.47. The van der Waals surface area contributed by atoms with Gasteiger partial charge in [0.2, 0.25) is 5.91 Å². The number of halogens is 1. The number of aldehydes is 1. The smallest absolute Gasteiger partial charge is 0.239 e. The zero-order chi connectivity index (χ0) is 12.3. The normalized spacial score (nSPS) is 16.3. The van der Waals surface area contributed by atoms with E-state index in [-0.39, 0.29) is 12.5 Å². The van der Waals surface area contributed by atoms with Gasteiger partial charge in [-0.05, 0) is 18.6 Å². The highest BCUT2D eigenvalue weighted by atomic mass is 35.5. The predicted molar refractivity (Wildman–Crippen MR) is 66.7 cm³/mol. The minimum atomic E-state index is -0.0284. The Morgan fingerprint density at radius 1 is 1.41 bits per heavy atom. The second-order valence-electron chi connectivity index (χ2n) is 3.92. The lowest BCUT2D eigenvalue weighted by Gasteiger charge is -2.23. The SMILES string of the molecule is O=Cc1c(Cl)cccc1N1CCCNC(=O)C1. The van der Waals surface area contributed by atoms with Gasteiger partial charge >= 0.3 is 0 Å². The summed E-state index contributed by atoms with van der Waals surface area (Å²) in [5, 5.41) is 3.21. The fraction of sp³-hybridized carbons (Fsp3) is 0.333. The van der Waals surface area contributed by atoms with E-state index in [4.69, 9.17) is 11.6 Å². The molecule has 1 N–H and O–H groups in total. The molecule has 5 heteroatoms. The molecule has 0 radical (unpaired) electrons. The van der Waals surface area contributed by atoms with Gasteiger partial charge < -0.3 is 10.2 Å². The Balaban J connectivity index is 2.35. The topological polar surface area (TPSA) is 49.4 Å². The van der Waals surface area contributed by atoms with Crippen LogP contribution in [0.3, 0.4) is 0 Å². The summed E-state index contributed by atoms with van der Waals surface area (Å²) >= 11 is 5.97. The highest BCUT2D eigenvalue weighted by molar-refractivity contribution is 6.33. The van der Waals surface area contributed by atoms with Gasteiger partial charge in [-0.15, -0.1) is 0 Å². The number of nitrogens with one attached hydrogen (secondary N) is 1. The molecule has 1 aliphatic rings. The van der Waals surface area contributed by atoms with Crippen LogP contribution in [-0.4, -0.2) is 31.8 Å². The number of anilines is 1. The summed E-state index contributed by atoms with van der Waals surface area (Å²) in [6.07, 6.45) is 1.59. The van der Waals surface area contributed by atoms with Crippen LogP contribution in [0, 0.1) is 0 Å². The lowest BCUT2D eigenvalue weighted by Crippen LogP contribution is -2.33. The third-order valence-corrected chi connectivity index (χ3v) is 3.08. The van der Waals surface area contributed by atoms with Gasteiger partial charge in [0, 0.05) is 18.8 Å². The Kier molecular flexibility index (Phi) is 3.64. The molecule has 1 fully saturated rings. The van der Waals surface area contributed by atoms with Crippen molar-refractivity contribution in [1.29, 1.82) is 0 Å². The van der Waals surface area contributed by atoms with Crippen LogP contribution in [-0.2, 0) is 4.79 Å². The average Bonchev–Trinajstić information content (AvgIpc) is 2.53. The summed E-state index contributed by atoms with van der Waals surface area (Å²) in [4.78, 5) is 24.4. The summed E-state index contributed by atoms with van der Waals surface area (Å²) in [5.41, 5.74) is 1.17. The summed E-state index contributed by atoms with van der Waals surface area (Å²) in [6.45, 7) is 1.67. The molecule has 1 aromatic carbocycles. The molecule has 0 bridgehead atoms.